The van der Waals surface area contributed by atoms with E-state index in [9.17, 15) is 8.42 Å². The van der Waals surface area contributed by atoms with Crippen LogP contribution in [0.5, 0.6) is 0 Å². The molecule has 1 aliphatic heterocycles. The molecule has 0 radical (unpaired) electrons. The van der Waals surface area contributed by atoms with E-state index in [0.717, 1.165) is 16.7 Å². The maximum absolute atomic E-state index is 14.2. The number of hydrogen-bond acceptors (Lipinski definition) is 8. The van der Waals surface area contributed by atoms with Crippen molar-refractivity contribution < 1.29 is 31.8 Å². The number of aromatic nitrogens is 1. The first-order valence-electron chi connectivity index (χ1n) is 15.1. The summed E-state index contributed by atoms with van der Waals surface area (Å²) in [6.07, 6.45) is -1.83. The van der Waals surface area contributed by atoms with Crippen molar-refractivity contribution in [3.63, 3.8) is 0 Å². The fourth-order valence-electron chi connectivity index (χ4n) is 5.22. The molecule has 0 unspecified atom stereocenters. The van der Waals surface area contributed by atoms with E-state index < -0.39 is 48.0 Å². The van der Waals surface area contributed by atoms with Gasteiger partial charge in [-0.2, -0.15) is 0 Å². The van der Waals surface area contributed by atoms with E-state index in [0.29, 0.717) is 6.61 Å². The molecule has 45 heavy (non-hydrogen) atoms. The molecule has 8 nitrogen and oxygen atoms in total. The second kappa shape index (κ2) is 15.4. The van der Waals surface area contributed by atoms with Gasteiger partial charge in [-0.15, -0.1) is 0 Å². The molecule has 238 valence electrons. The van der Waals surface area contributed by atoms with Gasteiger partial charge < -0.3 is 23.4 Å². The Hall–Kier alpha value is -3.22. The second-order valence-electron chi connectivity index (χ2n) is 12.0. The van der Waals surface area contributed by atoms with Gasteiger partial charge in [0.1, 0.15) is 24.4 Å². The molecule has 10 heteroatoms. The highest BCUT2D eigenvalue weighted by molar-refractivity contribution is 7.91. The van der Waals surface area contributed by atoms with Gasteiger partial charge in [-0.25, -0.2) is 13.4 Å². The number of ether oxygens (including phenoxy) is 4. The number of rotatable bonds is 14. The topological polar surface area (TPSA) is 93.2 Å². The Morgan fingerprint density at radius 2 is 1.18 bits per heavy atom. The minimum Gasteiger partial charge on any atom is -0.408 e. The fraction of sp³-hybridized carbons (Fsp3) is 0.343. The van der Waals surface area contributed by atoms with E-state index >= 15 is 0 Å². The monoisotopic (exact) mass is 647 g/mol. The molecule has 0 amide bonds. The zero-order valence-corrected chi connectivity index (χ0v) is 27.7. The molecule has 1 aliphatic rings. The smallest absolute Gasteiger partial charge is 0.225 e. The summed E-state index contributed by atoms with van der Waals surface area (Å²) >= 11 is 0. The van der Waals surface area contributed by atoms with Crippen molar-refractivity contribution in [1.82, 2.24) is 4.98 Å². The van der Waals surface area contributed by atoms with Crippen LogP contribution in [-0.4, -0.2) is 58.2 Å². The van der Waals surface area contributed by atoms with Crippen LogP contribution in [0.25, 0.3) is 0 Å². The zero-order chi connectivity index (χ0) is 31.7. The van der Waals surface area contributed by atoms with Gasteiger partial charge in [-0.3, -0.25) is 0 Å². The molecule has 1 fully saturated rings. The third kappa shape index (κ3) is 9.17. The predicted octanol–water partition coefficient (Wildman–Crippen LogP) is 6.19. The molecule has 0 spiro atoms. The highest BCUT2D eigenvalue weighted by Crippen LogP contribution is 2.36. The third-order valence-corrected chi connectivity index (χ3v) is 10.1. The first-order chi connectivity index (χ1) is 21.7. The molecule has 4 aromatic rings. The quantitative estimate of drug-likeness (QED) is 0.150. The molecular weight excluding hydrogens is 607 g/mol. The van der Waals surface area contributed by atoms with E-state index in [2.05, 4.69) is 4.98 Å². The van der Waals surface area contributed by atoms with Crippen molar-refractivity contribution in [3.8, 4) is 0 Å². The van der Waals surface area contributed by atoms with Crippen molar-refractivity contribution in [1.29, 1.82) is 0 Å². The normalized spacial score (nSPS) is 22.2. The van der Waals surface area contributed by atoms with Crippen LogP contribution in [-0.2, 0) is 53.0 Å². The summed E-state index contributed by atoms with van der Waals surface area (Å²) < 4.78 is 61.1. The minimum atomic E-state index is -4.13. The summed E-state index contributed by atoms with van der Waals surface area (Å²) in [5.74, 6) is 0. The van der Waals surface area contributed by atoms with Crippen LogP contribution in [0.4, 0.5) is 0 Å². The summed E-state index contributed by atoms with van der Waals surface area (Å²) in [4.78, 5) is 4.18. The first-order valence-corrected chi connectivity index (χ1v) is 20.1. The summed E-state index contributed by atoms with van der Waals surface area (Å²) in [5.41, 5.74) is 1.50. The third-order valence-electron chi connectivity index (χ3n) is 7.28. The Morgan fingerprint density at radius 1 is 0.667 bits per heavy atom. The van der Waals surface area contributed by atoms with Crippen molar-refractivity contribution in [2.24, 2.45) is 0 Å². The number of sulfone groups is 1. The van der Waals surface area contributed by atoms with E-state index in [1.54, 1.807) is 12.1 Å². The highest BCUT2D eigenvalue weighted by Gasteiger charge is 2.54. The van der Waals surface area contributed by atoms with Gasteiger partial charge in [-0.1, -0.05) is 97.1 Å². The van der Waals surface area contributed by atoms with Gasteiger partial charge in [0.05, 0.1) is 26.4 Å². The number of benzene rings is 3. The SMILES string of the molecule is C[Si](C)(C)O[C@H]1[C@@H](OCc2ccccc2)[C@H](OCc2ccccc2)[C@@H](COCc2ccccc2)O[C@@H]1S(=O)(=O)c1ccccn1. The molecule has 1 saturated heterocycles. The average molecular weight is 648 g/mol. The Labute approximate surface area is 267 Å². The van der Waals surface area contributed by atoms with Crippen LogP contribution in [0, 0.1) is 0 Å². The van der Waals surface area contributed by atoms with Crippen molar-refractivity contribution in [3.05, 3.63) is 132 Å². The maximum Gasteiger partial charge on any atom is 0.225 e. The Morgan fingerprint density at radius 3 is 1.69 bits per heavy atom. The van der Waals surface area contributed by atoms with E-state index in [-0.39, 0.29) is 24.8 Å². The van der Waals surface area contributed by atoms with Crippen LogP contribution in [0.15, 0.2) is 120 Å². The molecule has 5 rings (SSSR count). The lowest BCUT2D eigenvalue weighted by atomic mass is 9.99. The summed E-state index contributed by atoms with van der Waals surface area (Å²) in [6.45, 7) is 6.95. The number of pyridine rings is 1. The van der Waals surface area contributed by atoms with Gasteiger partial charge in [0.15, 0.2) is 18.8 Å². The predicted molar refractivity (Wildman–Crippen MR) is 174 cm³/mol. The Bertz CT molecular complexity index is 1560. The molecule has 0 aliphatic carbocycles. The van der Waals surface area contributed by atoms with Crippen LogP contribution in [0.3, 0.4) is 0 Å². The lowest BCUT2D eigenvalue weighted by Gasteiger charge is -2.47. The van der Waals surface area contributed by atoms with E-state index in [1.807, 2.05) is 111 Å². The van der Waals surface area contributed by atoms with Gasteiger partial charge in [-0.05, 0) is 48.5 Å². The average Bonchev–Trinajstić information content (AvgIpc) is 3.05. The molecule has 2 heterocycles. The molecule has 5 atom stereocenters. The van der Waals surface area contributed by atoms with Crippen LogP contribution in [0.2, 0.25) is 19.6 Å². The largest absolute Gasteiger partial charge is 0.408 e. The molecule has 0 bridgehead atoms. The maximum atomic E-state index is 14.2. The summed E-state index contributed by atoms with van der Waals surface area (Å²) in [7, 11) is -6.48. The van der Waals surface area contributed by atoms with E-state index in [4.69, 9.17) is 23.4 Å². The van der Waals surface area contributed by atoms with Crippen LogP contribution >= 0.6 is 0 Å². The Kier molecular flexibility index (Phi) is 11.3. The van der Waals surface area contributed by atoms with Crippen molar-refractivity contribution in [2.45, 2.75) is 74.3 Å². The standard InChI is InChI=1S/C35H41NO7SSi/c1-45(2,3)43-34-33(41-25-29-19-11-6-12-20-29)32(40-24-28-17-9-5-10-18-28)30(26-39-23-27-15-7-4-8-16-27)42-35(34)44(37,38)31-21-13-14-22-36-31/h4-22,30,32-35H,23-26H2,1-3H3/t30-,32-,33+,34+,35-/m1/s1. The van der Waals surface area contributed by atoms with Gasteiger partial charge >= 0.3 is 0 Å². The minimum absolute atomic E-state index is 0.0768. The molecule has 3 aromatic carbocycles. The summed E-state index contributed by atoms with van der Waals surface area (Å²) in [5, 5.41) is -0.0893. The number of hydrogen-bond donors (Lipinski definition) is 0. The molecule has 0 N–H and O–H groups in total. The molecular formula is C35H41NO7SSi. The number of nitrogens with zero attached hydrogens (tertiary/aromatic N) is 1. The second-order valence-corrected chi connectivity index (χ2v) is 18.4. The molecule has 0 saturated carbocycles. The van der Waals surface area contributed by atoms with Crippen LogP contribution < -0.4 is 0 Å². The first kappa shape index (κ1) is 33.1. The summed E-state index contributed by atoms with van der Waals surface area (Å²) in [6, 6.07) is 34.2. The van der Waals surface area contributed by atoms with Gasteiger partial charge in [0, 0.05) is 6.20 Å². The van der Waals surface area contributed by atoms with Crippen LogP contribution in [0.1, 0.15) is 16.7 Å². The Balaban J connectivity index is 1.53. The highest BCUT2D eigenvalue weighted by atomic mass is 32.2. The van der Waals surface area contributed by atoms with E-state index in [1.165, 1.54) is 12.3 Å². The zero-order valence-electron chi connectivity index (χ0n) is 25.9. The van der Waals surface area contributed by atoms with Crippen molar-refractivity contribution in [2.75, 3.05) is 6.61 Å². The van der Waals surface area contributed by atoms with Gasteiger partial charge in [0.2, 0.25) is 9.84 Å². The van der Waals surface area contributed by atoms with Gasteiger partial charge in [0.25, 0.3) is 0 Å². The lowest BCUT2D eigenvalue weighted by Crippen LogP contribution is -2.64. The van der Waals surface area contributed by atoms with Crippen molar-refractivity contribution >= 4 is 18.2 Å². The molecule has 1 aromatic heterocycles. The lowest BCUT2D eigenvalue weighted by molar-refractivity contribution is -0.240. The fourth-order valence-corrected chi connectivity index (χ4v) is 7.96.